The van der Waals surface area contributed by atoms with Gasteiger partial charge in [-0.25, -0.2) is 0 Å². The lowest BCUT2D eigenvalue weighted by Crippen LogP contribution is -1.93. The first-order chi connectivity index (χ1) is 5.66. The monoisotopic (exact) mass is 287 g/mol. The Morgan fingerprint density at radius 2 is 1.92 bits per heavy atom. The molecule has 0 spiro atoms. The van der Waals surface area contributed by atoms with E-state index in [1.54, 1.807) is 12.4 Å². The summed E-state index contributed by atoms with van der Waals surface area (Å²) >= 11 is 6.80. The molecule has 0 saturated heterocycles. The van der Waals surface area contributed by atoms with Gasteiger partial charge in [0.2, 0.25) is 0 Å². The molecule has 1 atom stereocenters. The smallest absolute Gasteiger partial charge is 0.0445 e. The van der Waals surface area contributed by atoms with Crippen molar-refractivity contribution in [3.63, 3.8) is 0 Å². The number of aromatic nitrogens is 1. The van der Waals surface area contributed by atoms with Crippen LogP contribution in [0.5, 0.6) is 0 Å². The third-order valence-corrected chi connectivity index (χ3v) is 2.84. The van der Waals surface area contributed by atoms with Gasteiger partial charge < -0.3 is 0 Å². The first kappa shape index (κ1) is 9.76. The molecule has 1 unspecified atom stereocenters. The lowest BCUT2D eigenvalue weighted by Gasteiger charge is -2.08. The lowest BCUT2D eigenvalue weighted by molar-refractivity contribution is 0.976. The van der Waals surface area contributed by atoms with Crippen LogP contribution in [0, 0.1) is 12.3 Å². The van der Waals surface area contributed by atoms with E-state index in [1.165, 1.54) is 0 Å². The molecule has 12 heavy (non-hydrogen) atoms. The van der Waals surface area contributed by atoms with Crippen molar-refractivity contribution < 1.29 is 0 Å². The van der Waals surface area contributed by atoms with E-state index >= 15 is 0 Å². The average molecular weight is 289 g/mol. The number of rotatable bonds is 1. The average Bonchev–Trinajstić information content (AvgIpc) is 2.03. The fourth-order valence-corrected chi connectivity index (χ4v) is 2.53. The van der Waals surface area contributed by atoms with Crippen LogP contribution in [0.3, 0.4) is 0 Å². The summed E-state index contributed by atoms with van der Waals surface area (Å²) in [7, 11) is 0. The van der Waals surface area contributed by atoms with E-state index in [0.29, 0.717) is 0 Å². The molecule has 62 valence electrons. The van der Waals surface area contributed by atoms with Crippen LogP contribution in [-0.4, -0.2) is 4.98 Å². The summed E-state index contributed by atoms with van der Waals surface area (Å²) in [6.07, 6.45) is 8.82. The molecule has 0 aliphatic rings. The van der Waals surface area contributed by atoms with Gasteiger partial charge in [0.15, 0.2) is 0 Å². The Bertz CT molecular complexity index is 308. The second-order valence-corrected chi connectivity index (χ2v) is 4.11. The van der Waals surface area contributed by atoms with Gasteiger partial charge in [-0.1, -0.05) is 5.92 Å². The van der Waals surface area contributed by atoms with Crippen molar-refractivity contribution in [1.82, 2.24) is 4.98 Å². The van der Waals surface area contributed by atoms with Crippen LogP contribution in [0.4, 0.5) is 0 Å². The Hall–Kier alpha value is -0.330. The predicted octanol–water partition coefficient (Wildman–Crippen LogP) is 3.34. The van der Waals surface area contributed by atoms with Crippen molar-refractivity contribution in [2.24, 2.45) is 0 Å². The molecule has 0 amide bonds. The van der Waals surface area contributed by atoms with Gasteiger partial charge in [-0.05, 0) is 44.3 Å². The van der Waals surface area contributed by atoms with Crippen molar-refractivity contribution in [3.8, 4) is 12.3 Å². The van der Waals surface area contributed by atoms with Crippen molar-refractivity contribution in [2.45, 2.75) is 12.8 Å². The SMILES string of the molecule is C#CC(C)c1c(Br)cncc1Br. The zero-order valence-electron chi connectivity index (χ0n) is 6.51. The molecule has 0 N–H and O–H groups in total. The molecule has 1 heterocycles. The van der Waals surface area contributed by atoms with Crippen molar-refractivity contribution in [2.75, 3.05) is 0 Å². The minimum Gasteiger partial charge on any atom is -0.262 e. The minimum absolute atomic E-state index is 0.0942. The van der Waals surface area contributed by atoms with E-state index in [9.17, 15) is 0 Å². The van der Waals surface area contributed by atoms with E-state index in [2.05, 4.69) is 42.8 Å². The van der Waals surface area contributed by atoms with Crippen LogP contribution in [0.15, 0.2) is 21.3 Å². The predicted molar refractivity (Wildman–Crippen MR) is 56.9 cm³/mol. The Balaban J connectivity index is 3.23. The fraction of sp³-hybridized carbons (Fsp3) is 0.222. The van der Waals surface area contributed by atoms with Gasteiger partial charge in [0.05, 0.1) is 0 Å². The third-order valence-electron chi connectivity index (χ3n) is 1.57. The summed E-state index contributed by atoms with van der Waals surface area (Å²) in [5.74, 6) is 2.77. The van der Waals surface area contributed by atoms with Crippen LogP contribution in [0.2, 0.25) is 0 Å². The van der Waals surface area contributed by atoms with Crippen LogP contribution >= 0.6 is 31.9 Å². The third kappa shape index (κ3) is 1.88. The molecule has 0 aromatic carbocycles. The topological polar surface area (TPSA) is 12.9 Å². The quantitative estimate of drug-likeness (QED) is 0.722. The summed E-state index contributed by atoms with van der Waals surface area (Å²) in [6, 6.07) is 0. The normalized spacial score (nSPS) is 12.2. The van der Waals surface area contributed by atoms with Crippen LogP contribution in [0.1, 0.15) is 18.4 Å². The standard InChI is InChI=1S/C9H7Br2N/c1-3-6(2)9-7(10)4-12-5-8(9)11/h1,4-6H,2H3. The molecule has 1 aromatic heterocycles. The summed E-state index contributed by atoms with van der Waals surface area (Å²) in [6.45, 7) is 1.98. The number of terminal acetylenes is 1. The highest BCUT2D eigenvalue weighted by Crippen LogP contribution is 2.30. The number of pyridine rings is 1. The zero-order valence-corrected chi connectivity index (χ0v) is 9.68. The number of hydrogen-bond donors (Lipinski definition) is 0. The summed E-state index contributed by atoms with van der Waals surface area (Å²) in [5, 5.41) is 0. The second-order valence-electron chi connectivity index (χ2n) is 2.41. The van der Waals surface area contributed by atoms with E-state index in [4.69, 9.17) is 6.42 Å². The van der Waals surface area contributed by atoms with Gasteiger partial charge in [0.1, 0.15) is 0 Å². The molecule has 0 aliphatic carbocycles. The first-order valence-electron chi connectivity index (χ1n) is 3.42. The highest BCUT2D eigenvalue weighted by atomic mass is 79.9. The van der Waals surface area contributed by atoms with E-state index in [1.807, 2.05) is 6.92 Å². The van der Waals surface area contributed by atoms with Gasteiger partial charge in [-0.2, -0.15) is 0 Å². The maximum absolute atomic E-state index is 5.33. The molecule has 0 saturated carbocycles. The van der Waals surface area contributed by atoms with Crippen LogP contribution in [0.25, 0.3) is 0 Å². The maximum atomic E-state index is 5.33. The Morgan fingerprint density at radius 3 is 2.33 bits per heavy atom. The van der Waals surface area contributed by atoms with Crippen molar-refractivity contribution >= 4 is 31.9 Å². The molecule has 0 fully saturated rings. The van der Waals surface area contributed by atoms with Crippen LogP contribution in [-0.2, 0) is 0 Å². The minimum atomic E-state index is 0.0942. The first-order valence-corrected chi connectivity index (χ1v) is 5.00. The molecule has 1 aromatic rings. The zero-order chi connectivity index (χ0) is 9.14. The Labute approximate surface area is 88.8 Å². The van der Waals surface area contributed by atoms with Crippen molar-refractivity contribution in [1.29, 1.82) is 0 Å². The van der Waals surface area contributed by atoms with E-state index in [-0.39, 0.29) is 5.92 Å². The fourth-order valence-electron chi connectivity index (χ4n) is 0.918. The lowest BCUT2D eigenvalue weighted by atomic mass is 10.0. The van der Waals surface area contributed by atoms with Crippen LogP contribution < -0.4 is 0 Å². The Morgan fingerprint density at radius 1 is 1.42 bits per heavy atom. The molecule has 1 rings (SSSR count). The van der Waals surface area contributed by atoms with Gasteiger partial charge in [-0.15, -0.1) is 6.42 Å². The second kappa shape index (κ2) is 4.06. The summed E-state index contributed by atoms with van der Waals surface area (Å²) in [4.78, 5) is 4.00. The van der Waals surface area contributed by atoms with Gasteiger partial charge >= 0.3 is 0 Å². The van der Waals surface area contributed by atoms with Gasteiger partial charge in [-0.3, -0.25) is 4.98 Å². The van der Waals surface area contributed by atoms with E-state index in [0.717, 1.165) is 14.5 Å². The van der Waals surface area contributed by atoms with Crippen molar-refractivity contribution in [3.05, 3.63) is 26.9 Å². The molecule has 1 nitrogen and oxygen atoms in total. The molecular formula is C9H7Br2N. The molecule has 0 radical (unpaired) electrons. The summed E-state index contributed by atoms with van der Waals surface area (Å²) in [5.41, 5.74) is 1.08. The molecule has 0 bridgehead atoms. The van der Waals surface area contributed by atoms with Gasteiger partial charge in [0, 0.05) is 27.3 Å². The number of nitrogens with zero attached hydrogens (tertiary/aromatic N) is 1. The highest BCUT2D eigenvalue weighted by Gasteiger charge is 2.10. The molecule has 0 aliphatic heterocycles. The molecule has 3 heteroatoms. The number of halogens is 2. The summed E-state index contributed by atoms with van der Waals surface area (Å²) < 4.78 is 1.89. The highest BCUT2D eigenvalue weighted by molar-refractivity contribution is 9.11. The Kier molecular flexibility index (Phi) is 3.30. The maximum Gasteiger partial charge on any atom is 0.0445 e. The van der Waals surface area contributed by atoms with E-state index < -0.39 is 0 Å². The number of hydrogen-bond acceptors (Lipinski definition) is 1. The van der Waals surface area contributed by atoms with Gasteiger partial charge in [0.25, 0.3) is 0 Å². The largest absolute Gasteiger partial charge is 0.262 e. The molecular weight excluding hydrogens is 282 g/mol.